The summed E-state index contributed by atoms with van der Waals surface area (Å²) in [7, 11) is 1.75. The second kappa shape index (κ2) is 3.43. The second-order valence-corrected chi connectivity index (χ2v) is 2.54. The van der Waals surface area contributed by atoms with Gasteiger partial charge in [-0.25, -0.2) is 0 Å². The van der Waals surface area contributed by atoms with E-state index in [0.29, 0.717) is 0 Å². The Bertz CT molecular complexity index is 93.1. The molecule has 0 saturated heterocycles. The van der Waals surface area contributed by atoms with Crippen LogP contribution in [0, 0.1) is 0 Å². The van der Waals surface area contributed by atoms with E-state index in [0.717, 1.165) is 12.8 Å². The summed E-state index contributed by atoms with van der Waals surface area (Å²) in [4.78, 5) is 0. The molecule has 51 valence electrons. The third kappa shape index (κ3) is 2.26. The Kier molecular flexibility index (Phi) is 3.81. The Labute approximate surface area is 81.3 Å². The van der Waals surface area contributed by atoms with Gasteiger partial charge >= 0.3 is 0 Å². The van der Waals surface area contributed by atoms with Crippen molar-refractivity contribution in [2.75, 3.05) is 7.05 Å². The van der Waals surface area contributed by atoms with Crippen molar-refractivity contribution in [1.29, 1.82) is 0 Å². The van der Waals surface area contributed by atoms with E-state index in [2.05, 4.69) is 5.32 Å². The number of aliphatic hydroxyl groups is 1. The Morgan fingerprint density at radius 2 is 2.00 bits per heavy atom. The Balaban J connectivity index is 0.000000640. The molecular formula is C6H12NOY-. The first-order valence-corrected chi connectivity index (χ1v) is 3.00. The van der Waals surface area contributed by atoms with Crippen molar-refractivity contribution in [2.24, 2.45) is 0 Å². The fourth-order valence-corrected chi connectivity index (χ4v) is 0.786. The van der Waals surface area contributed by atoms with Crippen LogP contribution in [0.3, 0.4) is 0 Å². The maximum Gasteiger partial charge on any atom is 0.0488 e. The van der Waals surface area contributed by atoms with E-state index in [4.69, 9.17) is 0 Å². The van der Waals surface area contributed by atoms with Gasteiger partial charge in [0, 0.05) is 38.3 Å². The van der Waals surface area contributed by atoms with Crippen molar-refractivity contribution in [3.63, 3.8) is 0 Å². The molecule has 1 N–H and O–H groups in total. The molecule has 1 rings (SSSR count). The van der Waals surface area contributed by atoms with E-state index in [-0.39, 0.29) is 38.8 Å². The third-order valence-corrected chi connectivity index (χ3v) is 1.93. The number of nitrogens with zero attached hydrogens (tertiary/aromatic N) is 1. The summed E-state index contributed by atoms with van der Waals surface area (Å²) in [5.41, 5.74) is -0.408. The molecule has 0 aromatic heterocycles. The van der Waals surface area contributed by atoms with Crippen LogP contribution in [-0.4, -0.2) is 23.8 Å². The van der Waals surface area contributed by atoms with Crippen LogP contribution in [0.4, 0.5) is 0 Å². The molecule has 0 aliphatic heterocycles. The van der Waals surface area contributed by atoms with Crippen LogP contribution >= 0.6 is 0 Å². The van der Waals surface area contributed by atoms with Crippen LogP contribution in [0.1, 0.15) is 19.8 Å². The van der Waals surface area contributed by atoms with Gasteiger partial charge in [0.15, 0.2) is 0 Å². The summed E-state index contributed by atoms with van der Waals surface area (Å²) >= 11 is 0. The van der Waals surface area contributed by atoms with Crippen molar-refractivity contribution < 1.29 is 37.8 Å². The van der Waals surface area contributed by atoms with Gasteiger partial charge in [-0.2, -0.15) is 7.05 Å². The number of hydrogen-bond acceptors (Lipinski definition) is 1. The summed E-state index contributed by atoms with van der Waals surface area (Å²) in [5.74, 6) is 0. The fourth-order valence-electron chi connectivity index (χ4n) is 0.786. The van der Waals surface area contributed by atoms with E-state index in [1.54, 1.807) is 7.05 Å². The molecule has 0 aromatic rings. The first kappa shape index (κ1) is 10.0. The van der Waals surface area contributed by atoms with Crippen molar-refractivity contribution in [3.8, 4) is 0 Å². The van der Waals surface area contributed by atoms with Gasteiger partial charge in [0.05, 0.1) is 0 Å². The van der Waals surface area contributed by atoms with Gasteiger partial charge in [0.2, 0.25) is 0 Å². The van der Waals surface area contributed by atoms with Crippen LogP contribution in [-0.2, 0) is 32.7 Å². The van der Waals surface area contributed by atoms with Crippen LogP contribution in [0.2, 0.25) is 0 Å². The maximum absolute atomic E-state index is 9.30. The van der Waals surface area contributed by atoms with Gasteiger partial charge in [-0.15, -0.1) is 6.04 Å². The summed E-state index contributed by atoms with van der Waals surface area (Å²) in [6.45, 7) is 1.95. The van der Waals surface area contributed by atoms with Crippen molar-refractivity contribution in [2.45, 2.75) is 31.4 Å². The van der Waals surface area contributed by atoms with Gasteiger partial charge in [0.1, 0.15) is 0 Å². The monoisotopic (exact) mass is 203 g/mol. The van der Waals surface area contributed by atoms with E-state index >= 15 is 0 Å². The summed E-state index contributed by atoms with van der Waals surface area (Å²) in [6.07, 6.45) is 1.87. The molecule has 0 spiro atoms. The predicted molar refractivity (Wildman–Crippen MR) is 32.9 cm³/mol. The molecule has 9 heavy (non-hydrogen) atoms. The van der Waals surface area contributed by atoms with Crippen LogP contribution < -0.4 is 0 Å². The van der Waals surface area contributed by atoms with Crippen LogP contribution in [0.15, 0.2) is 0 Å². The summed E-state index contributed by atoms with van der Waals surface area (Å²) in [5, 5.41) is 13.3. The summed E-state index contributed by atoms with van der Waals surface area (Å²) in [6, 6.07) is 0.141. The molecule has 2 nitrogen and oxygen atoms in total. The molecule has 1 fully saturated rings. The molecule has 3 heteroatoms. The zero-order valence-electron chi connectivity index (χ0n) is 5.96. The third-order valence-electron chi connectivity index (χ3n) is 1.93. The molecule has 1 aliphatic carbocycles. The molecular weight excluding hydrogens is 191 g/mol. The molecule has 1 unspecified atom stereocenters. The zero-order valence-corrected chi connectivity index (χ0v) is 8.80. The van der Waals surface area contributed by atoms with Crippen molar-refractivity contribution in [1.82, 2.24) is 0 Å². The molecule has 1 saturated carbocycles. The van der Waals surface area contributed by atoms with E-state index < -0.39 is 5.60 Å². The quantitative estimate of drug-likeness (QED) is 0.710. The SMILES string of the molecule is C[N-]C(C)C1(O)CC1.[Y]. The normalized spacial score (nSPS) is 24.3. The molecule has 0 aromatic carbocycles. The van der Waals surface area contributed by atoms with Crippen LogP contribution in [0.25, 0.3) is 5.32 Å². The predicted octanol–water partition coefficient (Wildman–Crippen LogP) is 0.901. The minimum absolute atomic E-state index is 0. The average molecular weight is 203 g/mol. The van der Waals surface area contributed by atoms with E-state index in [1.807, 2.05) is 6.92 Å². The topological polar surface area (TPSA) is 34.3 Å². The smallest absolute Gasteiger partial charge is 0.0488 e. The molecule has 1 aliphatic rings. The van der Waals surface area contributed by atoms with Gasteiger partial charge in [-0.05, 0) is 12.8 Å². The largest absolute Gasteiger partial charge is 0.660 e. The van der Waals surface area contributed by atoms with Crippen molar-refractivity contribution in [3.05, 3.63) is 5.32 Å². The minimum Gasteiger partial charge on any atom is -0.660 e. The Hall–Kier alpha value is 1.02. The Morgan fingerprint density at radius 3 is 2.11 bits per heavy atom. The molecule has 0 heterocycles. The first-order valence-electron chi connectivity index (χ1n) is 3.00. The average Bonchev–Trinajstić information content (AvgIpc) is 2.47. The molecule has 0 amide bonds. The maximum atomic E-state index is 9.30. The minimum atomic E-state index is -0.408. The zero-order chi connectivity index (χ0) is 6.20. The second-order valence-electron chi connectivity index (χ2n) is 2.54. The van der Waals surface area contributed by atoms with Crippen LogP contribution in [0.5, 0.6) is 0 Å². The van der Waals surface area contributed by atoms with Gasteiger partial charge in [-0.1, -0.05) is 6.92 Å². The number of likely N-dealkylation sites (N-methyl/N-ethyl adjacent to an activating group) is 1. The van der Waals surface area contributed by atoms with Crippen molar-refractivity contribution >= 4 is 0 Å². The molecule has 1 atom stereocenters. The summed E-state index contributed by atoms with van der Waals surface area (Å²) < 4.78 is 0. The van der Waals surface area contributed by atoms with Gasteiger partial charge < -0.3 is 10.4 Å². The fraction of sp³-hybridized carbons (Fsp3) is 1.00. The van der Waals surface area contributed by atoms with Gasteiger partial charge in [0.25, 0.3) is 0 Å². The standard InChI is InChI=1S/C6H12NO.Y/c1-5(7-2)6(8)3-4-6;/h5,8H,3-4H2,1-2H3;/q-1;. The van der Waals surface area contributed by atoms with E-state index in [1.165, 1.54) is 0 Å². The molecule has 1 radical (unpaired) electrons. The number of rotatable bonds is 2. The molecule has 0 bridgehead atoms. The van der Waals surface area contributed by atoms with Gasteiger partial charge in [-0.3, -0.25) is 0 Å². The number of hydrogen-bond donors (Lipinski definition) is 1. The van der Waals surface area contributed by atoms with E-state index in [9.17, 15) is 5.11 Å². The Morgan fingerprint density at radius 1 is 1.56 bits per heavy atom. The first-order chi connectivity index (χ1) is 3.69.